The Hall–Kier alpha value is -5.60. The summed E-state index contributed by atoms with van der Waals surface area (Å²) in [7, 11) is -8.81. The first-order valence-corrected chi connectivity index (χ1v) is 17.0. The van der Waals surface area contributed by atoms with Crippen molar-refractivity contribution in [2.45, 2.75) is 29.7 Å². The highest BCUT2D eigenvalue weighted by atomic mass is 32.2. The lowest BCUT2D eigenvalue weighted by atomic mass is 10.1. The number of aliphatic hydroxyl groups excluding tert-OH is 1. The molecule has 0 unspecified atom stereocenters. The lowest BCUT2D eigenvalue weighted by Gasteiger charge is -2.17. The third-order valence-electron chi connectivity index (χ3n) is 6.62. The van der Waals surface area contributed by atoms with E-state index in [4.69, 9.17) is 18.6 Å². The first-order valence-electron chi connectivity index (χ1n) is 14.1. The molecule has 19 heteroatoms. The summed E-state index contributed by atoms with van der Waals surface area (Å²) < 4.78 is 74.1. The van der Waals surface area contributed by atoms with E-state index in [1.807, 2.05) is 0 Å². The molecule has 5 N–H and O–H groups in total. The predicted molar refractivity (Wildman–Crippen MR) is 174 cm³/mol. The summed E-state index contributed by atoms with van der Waals surface area (Å²) in [6, 6.07) is 14.6. The summed E-state index contributed by atoms with van der Waals surface area (Å²) in [5, 5.41) is 47.5. The quantitative estimate of drug-likeness (QED) is 0.0597. The van der Waals surface area contributed by atoms with Crippen molar-refractivity contribution >= 4 is 54.6 Å². The first kappa shape index (κ1) is 37.2. The van der Waals surface area contributed by atoms with Crippen LogP contribution in [0.4, 0.5) is 22.7 Å². The van der Waals surface area contributed by atoms with Gasteiger partial charge >= 0.3 is 0 Å². The predicted octanol–water partition coefficient (Wildman–Crippen LogP) is 5.65. The minimum absolute atomic E-state index is 0.102. The number of phenolic OH excluding ortho intramolecular Hbond substituents is 2. The van der Waals surface area contributed by atoms with Crippen LogP contribution in [0.1, 0.15) is 34.6 Å². The molecule has 0 saturated carbocycles. The topological polar surface area (TPSA) is 271 Å². The average molecular weight is 729 g/mol. The van der Waals surface area contributed by atoms with Crippen molar-refractivity contribution in [1.29, 1.82) is 0 Å². The van der Waals surface area contributed by atoms with Crippen molar-refractivity contribution < 1.29 is 60.3 Å². The molecule has 0 bridgehead atoms. The zero-order chi connectivity index (χ0) is 36.8. The summed E-state index contributed by atoms with van der Waals surface area (Å²) in [6.07, 6.45) is -1.34. The summed E-state index contributed by atoms with van der Waals surface area (Å²) in [4.78, 5) is 24.0. The lowest BCUT2D eigenvalue weighted by Crippen LogP contribution is -2.25. The zero-order valence-corrected chi connectivity index (χ0v) is 27.7. The van der Waals surface area contributed by atoms with E-state index in [-0.39, 0.29) is 55.2 Å². The molecule has 50 heavy (non-hydrogen) atoms. The Morgan fingerprint density at radius 1 is 0.600 bits per heavy atom. The maximum atomic E-state index is 12.4. The highest BCUT2D eigenvalue weighted by molar-refractivity contribution is 7.86. The number of carbonyl (C=O) groups is 2. The molecular weight excluding hydrogens is 700 g/mol. The van der Waals surface area contributed by atoms with E-state index in [0.29, 0.717) is 0 Å². The molecule has 0 aliphatic rings. The average Bonchev–Trinajstić information content (AvgIpc) is 3.04. The molecule has 0 heterocycles. The smallest absolute Gasteiger partial charge is 0.294 e. The molecule has 0 amide bonds. The number of rotatable bonds is 14. The van der Waals surface area contributed by atoms with E-state index in [1.165, 1.54) is 48.5 Å². The molecule has 0 aliphatic carbocycles. The van der Waals surface area contributed by atoms with Gasteiger partial charge in [-0.05, 0) is 86.6 Å². The fourth-order valence-corrected chi connectivity index (χ4v) is 5.18. The van der Waals surface area contributed by atoms with Crippen LogP contribution in [0.15, 0.2) is 103 Å². The Morgan fingerprint density at radius 2 is 0.940 bits per heavy atom. The van der Waals surface area contributed by atoms with E-state index < -0.39 is 62.6 Å². The Kier molecular flexibility index (Phi) is 11.4. The van der Waals surface area contributed by atoms with Crippen LogP contribution in [-0.2, 0) is 20.2 Å². The van der Waals surface area contributed by atoms with Crippen LogP contribution < -0.4 is 9.47 Å². The third-order valence-corrected chi connectivity index (χ3v) is 8.35. The van der Waals surface area contributed by atoms with Gasteiger partial charge in [-0.1, -0.05) is 0 Å². The number of ketones is 2. The van der Waals surface area contributed by atoms with Crippen molar-refractivity contribution in [2.75, 3.05) is 13.2 Å². The first-order chi connectivity index (χ1) is 23.5. The normalized spacial score (nSPS) is 12.7. The second-order valence-electron chi connectivity index (χ2n) is 10.3. The second-order valence-corrected chi connectivity index (χ2v) is 13.2. The third kappa shape index (κ3) is 9.30. The van der Waals surface area contributed by atoms with Crippen LogP contribution in [0.3, 0.4) is 0 Å². The minimum atomic E-state index is -4.40. The van der Waals surface area contributed by atoms with Gasteiger partial charge in [-0.15, -0.1) is 10.2 Å². The molecule has 0 fully saturated rings. The molecule has 0 atom stereocenters. The van der Waals surface area contributed by atoms with Gasteiger partial charge in [-0.25, -0.2) is 0 Å². The number of nitrogens with zero attached hydrogens (tertiary/aromatic N) is 4. The van der Waals surface area contributed by atoms with Crippen LogP contribution in [0.25, 0.3) is 0 Å². The van der Waals surface area contributed by atoms with Crippen molar-refractivity contribution in [3.05, 3.63) is 83.9 Å². The summed E-state index contributed by atoms with van der Waals surface area (Å²) in [6.45, 7) is 1.44. The van der Waals surface area contributed by atoms with E-state index in [1.54, 1.807) is 0 Å². The van der Waals surface area contributed by atoms with Gasteiger partial charge in [-0.3, -0.25) is 18.7 Å². The Balaban J connectivity index is 1.43. The second kappa shape index (κ2) is 15.3. The fourth-order valence-electron chi connectivity index (χ4n) is 4.22. The standard InChI is InChI=1S/C31H28N4O13S2/c1-17(36)28-26(13-11-24(30(28)39)34-32-19-3-7-22(8-4-19)49(41,42)43)47-15-21(38)16-48-27-14-12-25(31(40)29(27)18(2)37)35-33-20-5-9-23(10-6-20)50(44,45)46/h3-14,21,38-40H,15-16H2,1-2H3,(H,41,42,43)(H,44,45,46). The van der Waals surface area contributed by atoms with Crippen LogP contribution in [0.5, 0.6) is 23.0 Å². The van der Waals surface area contributed by atoms with E-state index in [2.05, 4.69) is 20.5 Å². The van der Waals surface area contributed by atoms with Crippen LogP contribution in [-0.4, -0.2) is 72.1 Å². The molecule has 4 aromatic rings. The van der Waals surface area contributed by atoms with Gasteiger partial charge in [0.05, 0.1) is 21.2 Å². The highest BCUT2D eigenvalue weighted by Gasteiger charge is 2.22. The van der Waals surface area contributed by atoms with Gasteiger partial charge in [0.2, 0.25) is 0 Å². The number of aliphatic hydroxyl groups is 1. The maximum Gasteiger partial charge on any atom is 0.294 e. The molecule has 0 saturated heterocycles. The van der Waals surface area contributed by atoms with Gasteiger partial charge in [0.1, 0.15) is 53.3 Å². The SMILES string of the molecule is CC(=O)c1c(OCC(O)COc2ccc(N=Nc3ccc(S(=O)(=O)O)cc3)c(O)c2C(C)=O)ccc(N=Nc2ccc(S(=O)(=O)O)cc2)c1O. The molecule has 4 aromatic carbocycles. The Labute approximate surface area is 284 Å². The number of ether oxygens (including phenoxy) is 2. The van der Waals surface area contributed by atoms with Gasteiger partial charge in [0, 0.05) is 0 Å². The molecule has 262 valence electrons. The van der Waals surface area contributed by atoms with Crippen LogP contribution >= 0.6 is 0 Å². The molecule has 0 spiro atoms. The largest absolute Gasteiger partial charge is 0.505 e. The number of azo groups is 2. The van der Waals surface area contributed by atoms with Crippen LogP contribution in [0.2, 0.25) is 0 Å². The molecular formula is C31H28N4O13S2. The molecule has 0 aliphatic heterocycles. The molecule has 4 rings (SSSR count). The number of hydrogen-bond acceptors (Lipinski definition) is 15. The van der Waals surface area contributed by atoms with Gasteiger partial charge < -0.3 is 24.8 Å². The summed E-state index contributed by atoms with van der Waals surface area (Å²) in [5.41, 5.74) is -0.425. The Morgan fingerprint density at radius 3 is 1.24 bits per heavy atom. The number of benzene rings is 4. The van der Waals surface area contributed by atoms with Crippen LogP contribution in [0, 0.1) is 0 Å². The van der Waals surface area contributed by atoms with Crippen molar-refractivity contribution in [3.63, 3.8) is 0 Å². The number of Topliss-reactive ketones (excluding diaryl/α,β-unsaturated/α-hetero) is 2. The zero-order valence-electron chi connectivity index (χ0n) is 26.0. The lowest BCUT2D eigenvalue weighted by molar-refractivity contribution is 0.0613. The number of aromatic hydroxyl groups is 2. The molecule has 0 aromatic heterocycles. The summed E-state index contributed by atoms with van der Waals surface area (Å²) in [5.74, 6) is -2.57. The van der Waals surface area contributed by atoms with E-state index >= 15 is 0 Å². The fraction of sp³-hybridized carbons (Fsp3) is 0.161. The molecule has 0 radical (unpaired) electrons. The Bertz CT molecular complexity index is 2050. The summed E-state index contributed by atoms with van der Waals surface area (Å²) >= 11 is 0. The highest BCUT2D eigenvalue weighted by Crippen LogP contribution is 2.39. The number of carbonyl (C=O) groups excluding carboxylic acids is 2. The van der Waals surface area contributed by atoms with Crippen molar-refractivity contribution in [3.8, 4) is 23.0 Å². The van der Waals surface area contributed by atoms with Crippen molar-refractivity contribution in [1.82, 2.24) is 0 Å². The maximum absolute atomic E-state index is 12.4. The monoisotopic (exact) mass is 728 g/mol. The van der Waals surface area contributed by atoms with Gasteiger partial charge in [0.25, 0.3) is 20.2 Å². The van der Waals surface area contributed by atoms with Gasteiger partial charge in [-0.2, -0.15) is 27.1 Å². The van der Waals surface area contributed by atoms with E-state index in [9.17, 15) is 41.7 Å². The van der Waals surface area contributed by atoms with Crippen molar-refractivity contribution in [2.24, 2.45) is 20.5 Å². The molecule has 17 nitrogen and oxygen atoms in total. The van der Waals surface area contributed by atoms with Gasteiger partial charge in [0.15, 0.2) is 23.1 Å². The number of hydrogen-bond donors (Lipinski definition) is 5. The van der Waals surface area contributed by atoms with E-state index in [0.717, 1.165) is 38.1 Å². The number of phenols is 2. The minimum Gasteiger partial charge on any atom is -0.505 e.